The molecule has 2 fully saturated rings. The van der Waals surface area contributed by atoms with Crippen molar-refractivity contribution in [2.75, 3.05) is 52.5 Å². The summed E-state index contributed by atoms with van der Waals surface area (Å²) in [5.74, 6) is -0.672. The van der Waals surface area contributed by atoms with Gasteiger partial charge < -0.3 is 23.9 Å². The van der Waals surface area contributed by atoms with Crippen LogP contribution < -0.4 is 5.76 Å². The number of nitrogens with zero attached hydrogens (tertiary/aromatic N) is 3. The van der Waals surface area contributed by atoms with Crippen LogP contribution in [0.15, 0.2) is 27.4 Å². The largest absolute Gasteiger partial charge is 0.417 e. The van der Waals surface area contributed by atoms with Crippen molar-refractivity contribution in [3.63, 3.8) is 0 Å². The van der Waals surface area contributed by atoms with Crippen LogP contribution in [-0.2, 0) is 4.74 Å². The molecule has 9 nitrogen and oxygen atoms in total. The van der Waals surface area contributed by atoms with Crippen molar-refractivity contribution in [3.8, 4) is 0 Å². The Bertz CT molecular complexity index is 875. The highest BCUT2D eigenvalue weighted by molar-refractivity contribution is 5.97. The maximum Gasteiger partial charge on any atom is 0.417 e. The summed E-state index contributed by atoms with van der Waals surface area (Å²) in [6.07, 6.45) is 0. The van der Waals surface area contributed by atoms with E-state index < -0.39 is 5.76 Å². The van der Waals surface area contributed by atoms with Crippen LogP contribution in [0.2, 0.25) is 0 Å². The van der Waals surface area contributed by atoms with Gasteiger partial charge in [-0.2, -0.15) is 0 Å². The average molecular weight is 360 g/mol. The third kappa shape index (κ3) is 3.17. The second-order valence-electron chi connectivity index (χ2n) is 6.39. The fraction of sp³-hybridized carbons (Fsp3) is 0.471. The standard InChI is InChI=1S/C17H20N4O5/c22-15(12-1-2-13-14(11-12)26-16(23)18-13)19-3-5-20(6-4-19)17(24)21-7-9-25-10-8-21/h1-2,11H,3-10H2,(H,18,23). The maximum atomic E-state index is 12.7. The molecule has 0 aliphatic carbocycles. The number of hydrogen-bond donors (Lipinski definition) is 1. The Balaban J connectivity index is 1.39. The summed E-state index contributed by atoms with van der Waals surface area (Å²) in [4.78, 5) is 44.3. The zero-order valence-electron chi connectivity index (χ0n) is 14.3. The number of aromatic amines is 1. The van der Waals surface area contributed by atoms with E-state index in [9.17, 15) is 14.4 Å². The molecule has 0 saturated carbocycles. The minimum atomic E-state index is -0.542. The van der Waals surface area contributed by atoms with E-state index in [0.717, 1.165) is 0 Å². The molecule has 3 heterocycles. The summed E-state index contributed by atoms with van der Waals surface area (Å²) in [5.41, 5.74) is 1.39. The summed E-state index contributed by atoms with van der Waals surface area (Å²) in [6, 6.07) is 4.91. The Kier molecular flexibility index (Phi) is 4.37. The minimum Gasteiger partial charge on any atom is -0.408 e. The fourth-order valence-corrected chi connectivity index (χ4v) is 3.32. The number of piperazine rings is 1. The first-order chi connectivity index (χ1) is 12.6. The molecule has 4 rings (SSSR count). The van der Waals surface area contributed by atoms with Gasteiger partial charge >= 0.3 is 11.8 Å². The number of hydrogen-bond acceptors (Lipinski definition) is 5. The lowest BCUT2D eigenvalue weighted by Crippen LogP contribution is -2.55. The van der Waals surface area contributed by atoms with Gasteiger partial charge in [0.1, 0.15) is 0 Å². The molecule has 138 valence electrons. The van der Waals surface area contributed by atoms with Crippen LogP contribution in [0, 0.1) is 0 Å². The lowest BCUT2D eigenvalue weighted by Gasteiger charge is -2.38. The molecule has 2 aliphatic rings. The van der Waals surface area contributed by atoms with Crippen molar-refractivity contribution >= 4 is 23.0 Å². The Morgan fingerprint density at radius 2 is 1.58 bits per heavy atom. The Morgan fingerprint density at radius 1 is 0.923 bits per heavy atom. The van der Waals surface area contributed by atoms with Gasteiger partial charge in [0, 0.05) is 44.8 Å². The number of amides is 3. The second-order valence-corrected chi connectivity index (χ2v) is 6.39. The topological polar surface area (TPSA) is 99.1 Å². The summed E-state index contributed by atoms with van der Waals surface area (Å²) in [7, 11) is 0. The van der Waals surface area contributed by atoms with Crippen molar-refractivity contribution in [3.05, 3.63) is 34.3 Å². The van der Waals surface area contributed by atoms with Crippen LogP contribution in [0.5, 0.6) is 0 Å². The lowest BCUT2D eigenvalue weighted by atomic mass is 10.1. The highest BCUT2D eigenvalue weighted by atomic mass is 16.5. The number of fused-ring (bicyclic) bond motifs is 1. The van der Waals surface area contributed by atoms with Gasteiger partial charge in [-0.1, -0.05) is 0 Å². The number of carbonyl (C=O) groups excluding carboxylic acids is 2. The molecule has 0 spiro atoms. The minimum absolute atomic E-state index is 0.0101. The first-order valence-corrected chi connectivity index (χ1v) is 8.65. The normalized spacial score (nSPS) is 18.4. The summed E-state index contributed by atoms with van der Waals surface area (Å²) in [5, 5.41) is 0. The molecule has 1 aromatic heterocycles. The lowest BCUT2D eigenvalue weighted by molar-refractivity contribution is 0.0362. The van der Waals surface area contributed by atoms with E-state index in [4.69, 9.17) is 9.15 Å². The van der Waals surface area contributed by atoms with Gasteiger partial charge in [-0.05, 0) is 18.2 Å². The third-order valence-corrected chi connectivity index (χ3v) is 4.79. The van der Waals surface area contributed by atoms with E-state index in [-0.39, 0.29) is 11.9 Å². The Morgan fingerprint density at radius 3 is 2.31 bits per heavy atom. The van der Waals surface area contributed by atoms with Gasteiger partial charge in [0.05, 0.1) is 18.7 Å². The SMILES string of the molecule is O=C(c1ccc2[nH]c(=O)oc2c1)N1CCN(C(=O)N2CCOCC2)CC1. The number of nitrogens with one attached hydrogen (secondary N) is 1. The van der Waals surface area contributed by atoms with Crippen LogP contribution in [0.1, 0.15) is 10.4 Å². The number of urea groups is 1. The molecule has 0 atom stereocenters. The molecule has 2 aliphatic heterocycles. The van der Waals surface area contributed by atoms with E-state index in [0.29, 0.717) is 69.1 Å². The van der Waals surface area contributed by atoms with E-state index in [2.05, 4.69) is 4.98 Å². The number of benzene rings is 1. The first kappa shape index (κ1) is 16.6. The van der Waals surface area contributed by atoms with E-state index in [1.54, 1.807) is 32.9 Å². The van der Waals surface area contributed by atoms with Gasteiger partial charge in [-0.3, -0.25) is 9.78 Å². The number of H-pyrrole nitrogens is 1. The molecule has 9 heteroatoms. The predicted molar refractivity (Wildman–Crippen MR) is 92.1 cm³/mol. The van der Waals surface area contributed by atoms with Crippen molar-refractivity contribution in [1.29, 1.82) is 0 Å². The van der Waals surface area contributed by atoms with Crippen molar-refractivity contribution in [1.82, 2.24) is 19.7 Å². The number of ether oxygens (including phenoxy) is 1. The Hall–Kier alpha value is -2.81. The van der Waals surface area contributed by atoms with Crippen LogP contribution in [0.3, 0.4) is 0 Å². The molecule has 2 aromatic rings. The molecule has 1 aromatic carbocycles. The van der Waals surface area contributed by atoms with Gasteiger partial charge in [-0.25, -0.2) is 9.59 Å². The molecule has 0 radical (unpaired) electrons. The van der Waals surface area contributed by atoms with Crippen molar-refractivity contribution < 1.29 is 18.7 Å². The molecular weight excluding hydrogens is 340 g/mol. The van der Waals surface area contributed by atoms with E-state index in [1.807, 2.05) is 0 Å². The van der Waals surface area contributed by atoms with Crippen LogP contribution in [-0.4, -0.2) is 84.1 Å². The molecule has 2 saturated heterocycles. The van der Waals surface area contributed by atoms with Crippen LogP contribution in [0.25, 0.3) is 11.1 Å². The zero-order chi connectivity index (χ0) is 18.1. The quantitative estimate of drug-likeness (QED) is 0.790. The first-order valence-electron chi connectivity index (χ1n) is 8.65. The van der Waals surface area contributed by atoms with Crippen LogP contribution >= 0.6 is 0 Å². The van der Waals surface area contributed by atoms with Gasteiger partial charge in [0.15, 0.2) is 5.58 Å². The van der Waals surface area contributed by atoms with E-state index in [1.165, 1.54) is 0 Å². The van der Waals surface area contributed by atoms with Crippen molar-refractivity contribution in [2.45, 2.75) is 0 Å². The van der Waals surface area contributed by atoms with Crippen molar-refractivity contribution in [2.24, 2.45) is 0 Å². The smallest absolute Gasteiger partial charge is 0.408 e. The summed E-state index contributed by atoms with van der Waals surface area (Å²) < 4.78 is 10.3. The zero-order valence-corrected chi connectivity index (χ0v) is 14.3. The van der Waals surface area contributed by atoms with Gasteiger partial charge in [-0.15, -0.1) is 0 Å². The molecule has 3 amide bonds. The molecular formula is C17H20N4O5. The monoisotopic (exact) mass is 360 g/mol. The number of morpholine rings is 1. The second kappa shape index (κ2) is 6.83. The molecule has 26 heavy (non-hydrogen) atoms. The highest BCUT2D eigenvalue weighted by Gasteiger charge is 2.28. The number of rotatable bonds is 1. The van der Waals surface area contributed by atoms with Gasteiger partial charge in [0.25, 0.3) is 5.91 Å². The van der Waals surface area contributed by atoms with Crippen LogP contribution in [0.4, 0.5) is 4.79 Å². The summed E-state index contributed by atoms with van der Waals surface area (Å²) in [6.45, 7) is 4.32. The number of carbonyl (C=O) groups is 2. The average Bonchev–Trinajstić information content (AvgIpc) is 3.07. The Labute approximate surface area is 149 Å². The molecule has 1 N–H and O–H groups in total. The summed E-state index contributed by atoms with van der Waals surface area (Å²) >= 11 is 0. The fourth-order valence-electron chi connectivity index (χ4n) is 3.32. The van der Waals surface area contributed by atoms with E-state index >= 15 is 0 Å². The number of oxazole rings is 1. The highest BCUT2D eigenvalue weighted by Crippen LogP contribution is 2.16. The maximum absolute atomic E-state index is 12.7. The third-order valence-electron chi connectivity index (χ3n) is 4.79. The molecule has 0 unspecified atom stereocenters. The number of aromatic nitrogens is 1. The van der Waals surface area contributed by atoms with Gasteiger partial charge in [0.2, 0.25) is 0 Å². The molecule has 0 bridgehead atoms. The predicted octanol–water partition coefficient (Wildman–Crippen LogP) is 0.331.